The molecule has 2 heterocycles. The van der Waals surface area contributed by atoms with Crippen LogP contribution < -0.4 is 5.32 Å². The molecule has 39 heavy (non-hydrogen) atoms. The predicted molar refractivity (Wildman–Crippen MR) is 136 cm³/mol. The molecule has 0 saturated carbocycles. The number of carbonyl (C=O) groups is 1. The van der Waals surface area contributed by atoms with Crippen molar-refractivity contribution in [1.29, 1.82) is 0 Å². The number of benzene rings is 1. The molecule has 14 heteroatoms. The van der Waals surface area contributed by atoms with Crippen LogP contribution in [0.3, 0.4) is 0 Å². The Kier molecular flexibility index (Phi) is 9.35. The average Bonchev–Trinajstić information content (AvgIpc) is 3.34. The molecule has 0 bridgehead atoms. The Bertz CT molecular complexity index is 1360. The van der Waals surface area contributed by atoms with Crippen LogP contribution in [0, 0.1) is 5.82 Å². The Morgan fingerprint density at radius 2 is 1.95 bits per heavy atom. The molecule has 210 valence electrons. The molecule has 1 aliphatic rings. The topological polar surface area (TPSA) is 113 Å². The van der Waals surface area contributed by atoms with E-state index in [2.05, 4.69) is 27.0 Å². The van der Waals surface area contributed by atoms with Crippen molar-refractivity contribution in [3.63, 3.8) is 0 Å². The third-order valence-corrected chi connectivity index (χ3v) is 8.14. The number of allylic oxidation sites excluding steroid dienone is 1. The lowest BCUT2D eigenvalue weighted by Gasteiger charge is -2.35. The van der Waals surface area contributed by atoms with Gasteiger partial charge in [0.05, 0.1) is 29.5 Å². The summed E-state index contributed by atoms with van der Waals surface area (Å²) in [5.41, 5.74) is -1.91. The second-order valence-corrected chi connectivity index (χ2v) is 10.5. The van der Waals surface area contributed by atoms with Crippen LogP contribution in [0.5, 0.6) is 0 Å². The molecular formula is C25H27F4N5O4S. The predicted octanol–water partition coefficient (Wildman–Crippen LogP) is 3.23. The molecule has 1 N–H and O–H groups in total. The quantitative estimate of drug-likeness (QED) is 0.349. The summed E-state index contributed by atoms with van der Waals surface area (Å²) in [6.07, 6.45) is -1.60. The number of amides is 1. The summed E-state index contributed by atoms with van der Waals surface area (Å²) in [5, 5.41) is 2.67. The average molecular weight is 570 g/mol. The van der Waals surface area contributed by atoms with Gasteiger partial charge in [0, 0.05) is 32.5 Å². The second kappa shape index (κ2) is 12.1. The summed E-state index contributed by atoms with van der Waals surface area (Å²) in [6, 6.07) is 6.32. The fourth-order valence-corrected chi connectivity index (χ4v) is 6.04. The van der Waals surface area contributed by atoms with E-state index in [-0.39, 0.29) is 48.0 Å². The van der Waals surface area contributed by atoms with Crippen LogP contribution in [-0.4, -0.2) is 75.4 Å². The highest BCUT2D eigenvalue weighted by Gasteiger charge is 2.53. The first kappa shape index (κ1) is 30.1. The zero-order chi connectivity index (χ0) is 28.8. The van der Waals surface area contributed by atoms with Gasteiger partial charge in [0.15, 0.2) is 0 Å². The fraction of sp³-hybridized carbons (Fsp3) is 0.360. The van der Waals surface area contributed by atoms with E-state index in [1.54, 1.807) is 0 Å². The molecule has 1 aliphatic heterocycles. The minimum atomic E-state index is -4.59. The zero-order valence-corrected chi connectivity index (χ0v) is 22.0. The highest BCUT2D eigenvalue weighted by molar-refractivity contribution is 7.89. The number of nitrogens with zero attached hydrogens (tertiary/aromatic N) is 4. The van der Waals surface area contributed by atoms with Crippen LogP contribution in [0.1, 0.15) is 24.1 Å². The van der Waals surface area contributed by atoms with Crippen molar-refractivity contribution in [3.05, 3.63) is 71.4 Å². The number of ether oxygens (including phenoxy) is 1. The lowest BCUT2D eigenvalue weighted by atomic mass is 9.97. The zero-order valence-electron chi connectivity index (χ0n) is 21.2. The second-order valence-electron chi connectivity index (χ2n) is 8.61. The number of carbonyl (C=O) groups excluding carboxylic acids is 1. The summed E-state index contributed by atoms with van der Waals surface area (Å²) in [6.45, 7) is 3.09. The maximum absolute atomic E-state index is 13.5. The monoisotopic (exact) mass is 569 g/mol. The minimum absolute atomic E-state index is 0.0481. The van der Waals surface area contributed by atoms with E-state index in [1.807, 2.05) is 0 Å². The van der Waals surface area contributed by atoms with Crippen molar-refractivity contribution in [2.45, 2.75) is 29.5 Å². The van der Waals surface area contributed by atoms with Gasteiger partial charge in [-0.2, -0.15) is 17.5 Å². The number of pyridine rings is 1. The van der Waals surface area contributed by atoms with Gasteiger partial charge < -0.3 is 10.1 Å². The van der Waals surface area contributed by atoms with E-state index < -0.39 is 39.2 Å². The molecule has 1 saturated heterocycles. The van der Waals surface area contributed by atoms with Gasteiger partial charge in [0.2, 0.25) is 15.9 Å². The van der Waals surface area contributed by atoms with Crippen LogP contribution in [-0.2, 0) is 25.7 Å². The standard InChI is InChI=1S/C25H27F4N5O4S/c1-30-19(13-21(31-2)17-5-10-22(32-14-17)25(27,28)29)15-33-23(35)24(16-38-3)11-4-12-34(24)39(36,37)20-8-6-18(26)7-9-20/h5-10,13-14H,1,4,11-12,15-16H2,2-3H3,(H,33,35)/b19-13-,31-21+/t24-/m1/s1. The van der Waals surface area contributed by atoms with Crippen LogP contribution >= 0.6 is 0 Å². The summed E-state index contributed by atoms with van der Waals surface area (Å²) < 4.78 is 85.0. The van der Waals surface area contributed by atoms with Crippen molar-refractivity contribution in [2.24, 2.45) is 9.98 Å². The number of aliphatic imine (C=N–C) groups is 2. The van der Waals surface area contributed by atoms with Crippen LogP contribution in [0.4, 0.5) is 17.6 Å². The van der Waals surface area contributed by atoms with E-state index in [0.717, 1.165) is 40.8 Å². The fourth-order valence-electron chi connectivity index (χ4n) is 4.25. The maximum atomic E-state index is 13.5. The molecule has 1 atom stereocenters. The number of nitrogens with one attached hydrogen (secondary N) is 1. The van der Waals surface area contributed by atoms with Crippen molar-refractivity contribution in [2.75, 3.05) is 33.9 Å². The van der Waals surface area contributed by atoms with Gasteiger partial charge in [-0.05, 0) is 62.0 Å². The number of hydrogen-bond donors (Lipinski definition) is 1. The van der Waals surface area contributed by atoms with E-state index in [1.165, 1.54) is 26.3 Å². The SMILES string of the molecule is C=N/C(=C\C(=N/C)c1ccc(C(F)(F)F)nc1)CNC(=O)[C@]1(COC)CCCN1S(=O)(=O)c1ccc(F)cc1. The highest BCUT2D eigenvalue weighted by Crippen LogP contribution is 2.35. The van der Waals surface area contributed by atoms with E-state index >= 15 is 0 Å². The highest BCUT2D eigenvalue weighted by atomic mass is 32.2. The Hall–Kier alpha value is -3.49. The number of methoxy groups -OCH3 is 1. The maximum Gasteiger partial charge on any atom is 0.433 e. The van der Waals surface area contributed by atoms with Crippen molar-refractivity contribution >= 4 is 28.4 Å². The van der Waals surface area contributed by atoms with E-state index in [9.17, 15) is 30.8 Å². The van der Waals surface area contributed by atoms with E-state index in [4.69, 9.17) is 4.74 Å². The van der Waals surface area contributed by atoms with Gasteiger partial charge in [0.1, 0.15) is 17.1 Å². The van der Waals surface area contributed by atoms with Crippen LogP contribution in [0.2, 0.25) is 0 Å². The number of hydrogen-bond acceptors (Lipinski definition) is 7. The number of sulfonamides is 1. The first-order valence-electron chi connectivity index (χ1n) is 11.6. The lowest BCUT2D eigenvalue weighted by Crippen LogP contribution is -2.60. The molecule has 1 aromatic carbocycles. The molecule has 2 aromatic rings. The molecule has 0 aliphatic carbocycles. The minimum Gasteiger partial charge on any atom is -0.382 e. The first-order valence-corrected chi connectivity index (χ1v) is 13.1. The lowest BCUT2D eigenvalue weighted by molar-refractivity contribution is -0.141. The molecule has 3 rings (SSSR count). The number of rotatable bonds is 10. The van der Waals surface area contributed by atoms with Gasteiger partial charge in [-0.15, -0.1) is 0 Å². The Balaban J connectivity index is 1.83. The molecule has 1 aromatic heterocycles. The molecule has 0 radical (unpaired) electrons. The summed E-state index contributed by atoms with van der Waals surface area (Å²) in [5.74, 6) is -1.25. The van der Waals surface area contributed by atoms with Gasteiger partial charge in [0.25, 0.3) is 0 Å². The molecule has 1 fully saturated rings. The Morgan fingerprint density at radius 3 is 2.49 bits per heavy atom. The smallest absolute Gasteiger partial charge is 0.382 e. The van der Waals surface area contributed by atoms with Gasteiger partial charge in [-0.3, -0.25) is 19.8 Å². The molecule has 1 amide bonds. The largest absolute Gasteiger partial charge is 0.433 e. The van der Waals surface area contributed by atoms with Crippen molar-refractivity contribution < 1.29 is 35.5 Å². The van der Waals surface area contributed by atoms with Gasteiger partial charge in [-0.25, -0.2) is 12.8 Å². The van der Waals surface area contributed by atoms with Crippen molar-refractivity contribution in [3.8, 4) is 0 Å². The molecular weight excluding hydrogens is 542 g/mol. The first-order chi connectivity index (χ1) is 18.4. The van der Waals surface area contributed by atoms with Crippen LogP contribution in [0.15, 0.2) is 69.2 Å². The number of alkyl halides is 3. The van der Waals surface area contributed by atoms with Gasteiger partial charge in [-0.1, -0.05) is 0 Å². The molecule has 0 spiro atoms. The van der Waals surface area contributed by atoms with Crippen LogP contribution in [0.25, 0.3) is 0 Å². The normalized spacial score (nSPS) is 19.2. The summed E-state index contributed by atoms with van der Waals surface area (Å²) >= 11 is 0. The van der Waals surface area contributed by atoms with Crippen molar-refractivity contribution in [1.82, 2.24) is 14.6 Å². The Morgan fingerprint density at radius 1 is 1.26 bits per heavy atom. The van der Waals surface area contributed by atoms with E-state index in [0.29, 0.717) is 6.42 Å². The number of aromatic nitrogens is 1. The summed E-state index contributed by atoms with van der Waals surface area (Å²) in [4.78, 5) is 24.7. The molecule has 0 unspecified atom stereocenters. The third-order valence-electron chi connectivity index (χ3n) is 6.16. The molecule has 9 nitrogen and oxygen atoms in total. The summed E-state index contributed by atoms with van der Waals surface area (Å²) in [7, 11) is -1.41. The number of halogens is 4. The van der Waals surface area contributed by atoms with Gasteiger partial charge >= 0.3 is 6.18 Å². The third kappa shape index (κ3) is 6.57. The Labute approximate surface area is 223 Å².